The topological polar surface area (TPSA) is 71.8 Å². The van der Waals surface area contributed by atoms with Crippen LogP contribution in [0.15, 0.2) is 71.7 Å². The molecule has 1 unspecified atom stereocenters. The number of nitrogens with zero attached hydrogens (tertiary/aromatic N) is 4. The summed E-state index contributed by atoms with van der Waals surface area (Å²) in [6.07, 6.45) is 2.94. The Kier molecular flexibility index (Phi) is 4.14. The normalized spacial score (nSPS) is 19.6. The first-order chi connectivity index (χ1) is 16.0. The van der Waals surface area contributed by atoms with Crippen molar-refractivity contribution < 1.29 is 23.3 Å². The first kappa shape index (κ1) is 19.6. The number of amides is 2. The molecule has 1 fully saturated rings. The van der Waals surface area contributed by atoms with Crippen LogP contribution in [0.3, 0.4) is 0 Å². The second-order valence-electron chi connectivity index (χ2n) is 8.49. The third kappa shape index (κ3) is 2.60. The van der Waals surface area contributed by atoms with E-state index in [0.29, 0.717) is 36.8 Å². The highest BCUT2D eigenvalue weighted by Crippen LogP contribution is 2.45. The number of carbonyl (C=O) groups is 2. The number of aryl methyl sites for hydroxylation is 1. The molecule has 0 radical (unpaired) electrons. The lowest BCUT2D eigenvalue weighted by Gasteiger charge is -2.47. The van der Waals surface area contributed by atoms with Gasteiger partial charge in [-0.25, -0.2) is 0 Å². The number of para-hydroxylation sites is 1. The third-order valence-electron chi connectivity index (χ3n) is 6.89. The van der Waals surface area contributed by atoms with Crippen LogP contribution in [0, 0.1) is 0 Å². The van der Waals surface area contributed by atoms with Crippen LogP contribution in [0.1, 0.15) is 26.5 Å². The number of benzene rings is 2. The Hall–Kier alpha value is -4.07. The standard InChI is InChI=1S/C25H23N4O4/c1-26-16-33-14-22(26)24(31)29-12-11-28-23(30)21-13-17-5-3-4-6-20(17)27(21)15-25(28,29)18-7-9-19(32-2)10-8-18/h3-10,13-14,16H,11-12,15H2,1-2H3/q+1. The molecule has 1 atom stereocenters. The number of ether oxygens (including phenoxy) is 1. The molecule has 8 heteroatoms. The van der Waals surface area contributed by atoms with Crippen molar-refractivity contribution in [3.63, 3.8) is 0 Å². The Balaban J connectivity index is 1.58. The number of methoxy groups -OCH3 is 1. The summed E-state index contributed by atoms with van der Waals surface area (Å²) < 4.78 is 14.3. The van der Waals surface area contributed by atoms with Crippen LogP contribution in [0.25, 0.3) is 10.9 Å². The van der Waals surface area contributed by atoms with Crippen molar-refractivity contribution in [1.82, 2.24) is 14.4 Å². The van der Waals surface area contributed by atoms with Crippen molar-refractivity contribution in [1.29, 1.82) is 0 Å². The first-order valence-electron chi connectivity index (χ1n) is 10.8. The molecule has 33 heavy (non-hydrogen) atoms. The number of rotatable bonds is 3. The smallest absolute Gasteiger partial charge is 0.334 e. The molecular formula is C25H23N4O4+. The van der Waals surface area contributed by atoms with E-state index >= 15 is 0 Å². The zero-order valence-corrected chi connectivity index (χ0v) is 18.4. The molecule has 2 aliphatic rings. The summed E-state index contributed by atoms with van der Waals surface area (Å²) in [7, 11) is 3.39. The number of carbonyl (C=O) groups excluding carboxylic acids is 2. The van der Waals surface area contributed by atoms with E-state index in [1.54, 1.807) is 23.6 Å². The molecule has 4 aromatic rings. The zero-order chi connectivity index (χ0) is 22.7. The van der Waals surface area contributed by atoms with Crippen molar-refractivity contribution >= 4 is 22.7 Å². The number of oxazole rings is 1. The number of fused-ring (bicyclic) bond motifs is 4. The first-order valence-corrected chi connectivity index (χ1v) is 10.8. The highest BCUT2D eigenvalue weighted by atomic mass is 16.5. The second kappa shape index (κ2) is 6.96. The molecule has 6 rings (SSSR count). The minimum Gasteiger partial charge on any atom is -0.497 e. The van der Waals surface area contributed by atoms with E-state index in [2.05, 4.69) is 0 Å². The fraction of sp³-hybridized carbons (Fsp3) is 0.240. The van der Waals surface area contributed by atoms with Crippen molar-refractivity contribution in [2.45, 2.75) is 12.2 Å². The molecule has 1 saturated heterocycles. The van der Waals surface area contributed by atoms with Crippen molar-refractivity contribution in [2.75, 3.05) is 20.2 Å². The van der Waals surface area contributed by atoms with Gasteiger partial charge in [0.1, 0.15) is 18.5 Å². The summed E-state index contributed by atoms with van der Waals surface area (Å²) in [5.74, 6) is 0.450. The van der Waals surface area contributed by atoms with Gasteiger partial charge in [-0.2, -0.15) is 4.57 Å². The van der Waals surface area contributed by atoms with E-state index in [-0.39, 0.29) is 11.8 Å². The Morgan fingerprint density at radius 2 is 1.91 bits per heavy atom. The fourth-order valence-electron chi connectivity index (χ4n) is 5.27. The Morgan fingerprint density at radius 3 is 2.64 bits per heavy atom. The molecule has 2 aromatic heterocycles. The van der Waals surface area contributed by atoms with Crippen molar-refractivity contribution in [3.8, 4) is 5.75 Å². The number of hydrogen-bond donors (Lipinski definition) is 0. The Morgan fingerprint density at radius 1 is 1.12 bits per heavy atom. The van der Waals surface area contributed by atoms with Crippen LogP contribution >= 0.6 is 0 Å². The number of aromatic nitrogens is 2. The van der Waals surface area contributed by atoms with Gasteiger partial charge in [0, 0.05) is 29.6 Å². The molecule has 8 nitrogen and oxygen atoms in total. The van der Waals surface area contributed by atoms with Gasteiger partial charge in [0.2, 0.25) is 0 Å². The molecule has 0 N–H and O–H groups in total. The molecule has 2 amide bonds. The van der Waals surface area contributed by atoms with Crippen LogP contribution in [-0.4, -0.2) is 46.4 Å². The Labute approximate surface area is 190 Å². The predicted molar refractivity (Wildman–Crippen MR) is 119 cm³/mol. The molecule has 0 aliphatic carbocycles. The van der Waals surface area contributed by atoms with Gasteiger partial charge in [0.05, 0.1) is 13.7 Å². The lowest BCUT2D eigenvalue weighted by molar-refractivity contribution is -0.676. The molecule has 0 saturated carbocycles. The van der Waals surface area contributed by atoms with E-state index in [4.69, 9.17) is 9.15 Å². The van der Waals surface area contributed by atoms with Gasteiger partial charge >= 0.3 is 18.0 Å². The van der Waals surface area contributed by atoms with E-state index in [9.17, 15) is 9.59 Å². The van der Waals surface area contributed by atoms with Gasteiger partial charge in [0.25, 0.3) is 5.91 Å². The SMILES string of the molecule is COc1ccc(C23Cn4c(cc5ccccc54)C(=O)N2CCN3C(=O)c2coc[n+]2C)cc1. The zero-order valence-electron chi connectivity index (χ0n) is 18.4. The maximum atomic E-state index is 13.8. The minimum absolute atomic E-state index is 0.0832. The maximum Gasteiger partial charge on any atom is 0.334 e. The van der Waals surface area contributed by atoms with Crippen LogP contribution in [-0.2, 0) is 19.3 Å². The molecule has 0 spiro atoms. The number of hydrogen-bond acceptors (Lipinski definition) is 4. The average molecular weight is 443 g/mol. The van der Waals surface area contributed by atoms with E-state index in [1.807, 2.05) is 64.1 Å². The molecule has 166 valence electrons. The summed E-state index contributed by atoms with van der Waals surface area (Å²) in [5, 5.41) is 1.01. The minimum atomic E-state index is -0.973. The molecule has 2 aliphatic heterocycles. The van der Waals surface area contributed by atoms with Crippen LogP contribution in [0.4, 0.5) is 0 Å². The summed E-state index contributed by atoms with van der Waals surface area (Å²) >= 11 is 0. The van der Waals surface area contributed by atoms with Crippen molar-refractivity contribution in [2.24, 2.45) is 7.05 Å². The summed E-state index contributed by atoms with van der Waals surface area (Å²) in [6.45, 7) is 1.30. The molecule has 4 heterocycles. The van der Waals surface area contributed by atoms with Gasteiger partial charge in [0.15, 0.2) is 11.9 Å². The largest absolute Gasteiger partial charge is 0.497 e. The second-order valence-corrected chi connectivity index (χ2v) is 8.49. The van der Waals surface area contributed by atoms with Crippen LogP contribution in [0.2, 0.25) is 0 Å². The van der Waals surface area contributed by atoms with Crippen LogP contribution in [0.5, 0.6) is 5.75 Å². The van der Waals surface area contributed by atoms with Gasteiger partial charge in [-0.3, -0.25) is 9.59 Å². The fourth-order valence-corrected chi connectivity index (χ4v) is 5.27. The highest BCUT2D eigenvalue weighted by molar-refractivity contribution is 6.01. The van der Waals surface area contributed by atoms with Gasteiger partial charge in [-0.05, 0) is 24.3 Å². The molecule has 2 aromatic carbocycles. The lowest BCUT2D eigenvalue weighted by atomic mass is 9.93. The van der Waals surface area contributed by atoms with E-state index < -0.39 is 5.66 Å². The highest BCUT2D eigenvalue weighted by Gasteiger charge is 2.57. The molecular weight excluding hydrogens is 420 g/mol. The average Bonchev–Trinajstić information content (AvgIpc) is 3.55. The summed E-state index contributed by atoms with van der Waals surface area (Å²) in [5.41, 5.74) is 1.93. The summed E-state index contributed by atoms with van der Waals surface area (Å²) in [6, 6.07) is 17.5. The maximum absolute atomic E-state index is 13.8. The lowest BCUT2D eigenvalue weighted by Crippen LogP contribution is -2.60. The van der Waals surface area contributed by atoms with Gasteiger partial charge in [-0.1, -0.05) is 30.3 Å². The quantitative estimate of drug-likeness (QED) is 0.456. The Bertz CT molecular complexity index is 1400. The van der Waals surface area contributed by atoms with Gasteiger partial charge in [-0.15, -0.1) is 0 Å². The predicted octanol–water partition coefficient (Wildman–Crippen LogP) is 2.53. The summed E-state index contributed by atoms with van der Waals surface area (Å²) in [4.78, 5) is 31.2. The van der Waals surface area contributed by atoms with Gasteiger partial charge < -0.3 is 23.5 Å². The third-order valence-corrected chi connectivity index (χ3v) is 6.89. The van der Waals surface area contributed by atoms with E-state index in [0.717, 1.165) is 16.5 Å². The van der Waals surface area contributed by atoms with E-state index in [1.165, 1.54) is 12.7 Å². The molecule has 0 bridgehead atoms. The van der Waals surface area contributed by atoms with Crippen molar-refractivity contribution in [3.05, 3.63) is 84.2 Å². The monoisotopic (exact) mass is 443 g/mol. The van der Waals surface area contributed by atoms with Crippen LogP contribution < -0.4 is 9.30 Å².